The number of aromatic nitrogens is 3. The third-order valence-corrected chi connectivity index (χ3v) is 2.67. The maximum Gasteiger partial charge on any atom is 0.186 e. The minimum atomic E-state index is 0.351. The van der Waals surface area contributed by atoms with E-state index in [0.29, 0.717) is 18.2 Å². The molecule has 0 aromatic carbocycles. The molecule has 0 aliphatic rings. The molecule has 0 spiro atoms. The van der Waals surface area contributed by atoms with Crippen molar-refractivity contribution in [2.24, 2.45) is 0 Å². The predicted molar refractivity (Wildman–Crippen MR) is 62.9 cm³/mol. The van der Waals surface area contributed by atoms with E-state index in [0.717, 1.165) is 24.1 Å². The van der Waals surface area contributed by atoms with E-state index in [2.05, 4.69) is 36.8 Å². The molecule has 0 fully saturated rings. The van der Waals surface area contributed by atoms with E-state index >= 15 is 0 Å². The topological polar surface area (TPSA) is 54.5 Å². The van der Waals surface area contributed by atoms with Gasteiger partial charge in [0.2, 0.25) is 0 Å². The minimum absolute atomic E-state index is 0.351. The first-order valence-electron chi connectivity index (χ1n) is 5.61. The highest BCUT2D eigenvalue weighted by Gasteiger charge is 2.19. The molecule has 1 aromatic rings. The Morgan fingerprint density at radius 3 is 2.56 bits per heavy atom. The highest BCUT2D eigenvalue weighted by molar-refractivity contribution is 5.28. The molecule has 0 saturated heterocycles. The summed E-state index contributed by atoms with van der Waals surface area (Å²) in [5.41, 5.74) is 2.42. The van der Waals surface area contributed by atoms with Gasteiger partial charge in [-0.3, -0.25) is 0 Å². The molecule has 1 aromatic heterocycles. The average molecular weight is 218 g/mol. The van der Waals surface area contributed by atoms with E-state index in [4.69, 9.17) is 5.26 Å². The summed E-state index contributed by atoms with van der Waals surface area (Å²) in [4.78, 5) is 0. The van der Waals surface area contributed by atoms with Crippen molar-refractivity contribution in [1.29, 1.82) is 5.26 Å². The second-order valence-corrected chi connectivity index (χ2v) is 4.06. The Balaban J connectivity index is 3.15. The second-order valence-electron chi connectivity index (χ2n) is 4.06. The van der Waals surface area contributed by atoms with Gasteiger partial charge in [-0.25, -0.2) is 4.68 Å². The van der Waals surface area contributed by atoms with Gasteiger partial charge in [0, 0.05) is 5.92 Å². The van der Waals surface area contributed by atoms with Gasteiger partial charge in [0.25, 0.3) is 0 Å². The molecule has 0 aliphatic heterocycles. The Kier molecular flexibility index (Phi) is 4.24. The first-order chi connectivity index (χ1) is 7.63. The van der Waals surface area contributed by atoms with Gasteiger partial charge in [-0.2, -0.15) is 5.26 Å². The quantitative estimate of drug-likeness (QED) is 0.714. The van der Waals surface area contributed by atoms with Crippen LogP contribution in [-0.2, 0) is 6.54 Å². The van der Waals surface area contributed by atoms with Gasteiger partial charge in [-0.1, -0.05) is 31.2 Å². The zero-order valence-electron chi connectivity index (χ0n) is 10.2. The lowest BCUT2D eigenvalue weighted by Crippen LogP contribution is -2.10. The lowest BCUT2D eigenvalue weighted by Gasteiger charge is -2.14. The van der Waals surface area contributed by atoms with Crippen molar-refractivity contribution in [1.82, 2.24) is 15.0 Å². The Labute approximate surface area is 96.6 Å². The van der Waals surface area contributed by atoms with Crippen LogP contribution in [0.3, 0.4) is 0 Å². The van der Waals surface area contributed by atoms with E-state index < -0.39 is 0 Å². The van der Waals surface area contributed by atoms with Crippen molar-refractivity contribution < 1.29 is 0 Å². The summed E-state index contributed by atoms with van der Waals surface area (Å²) >= 11 is 0. The van der Waals surface area contributed by atoms with Gasteiger partial charge in [0.1, 0.15) is 6.07 Å². The number of hydrogen-bond acceptors (Lipinski definition) is 3. The van der Waals surface area contributed by atoms with Crippen LogP contribution in [0.15, 0.2) is 12.2 Å². The molecule has 16 heavy (non-hydrogen) atoms. The molecule has 0 radical (unpaired) electrons. The standard InChI is InChI=1S/C12H18N4/c1-5-10(6-2)12-11(7-13)14-15-16(12)8-9(3)4/h10H,3,5-6,8H2,1-2,4H3. The summed E-state index contributed by atoms with van der Waals surface area (Å²) in [5, 5.41) is 17.0. The first-order valence-corrected chi connectivity index (χ1v) is 5.61. The maximum atomic E-state index is 9.02. The molecule has 1 rings (SSSR count). The minimum Gasteiger partial charge on any atom is -0.244 e. The number of nitrogens with zero attached hydrogens (tertiary/aromatic N) is 4. The van der Waals surface area contributed by atoms with Crippen molar-refractivity contribution in [2.75, 3.05) is 0 Å². The molecule has 1 heterocycles. The molecule has 0 aliphatic carbocycles. The van der Waals surface area contributed by atoms with Crippen molar-refractivity contribution in [3.05, 3.63) is 23.5 Å². The second kappa shape index (κ2) is 5.45. The van der Waals surface area contributed by atoms with Crippen LogP contribution in [0.5, 0.6) is 0 Å². The number of allylic oxidation sites excluding steroid dienone is 1. The molecule has 0 N–H and O–H groups in total. The third-order valence-electron chi connectivity index (χ3n) is 2.67. The van der Waals surface area contributed by atoms with Crippen molar-refractivity contribution in [3.63, 3.8) is 0 Å². The molecule has 4 nitrogen and oxygen atoms in total. The highest BCUT2D eigenvalue weighted by Crippen LogP contribution is 2.25. The Bertz CT molecular complexity index is 407. The van der Waals surface area contributed by atoms with Crippen LogP contribution in [0.25, 0.3) is 0 Å². The van der Waals surface area contributed by atoms with Gasteiger partial charge in [-0.05, 0) is 19.8 Å². The van der Waals surface area contributed by atoms with Gasteiger partial charge in [0.05, 0.1) is 12.2 Å². The summed E-state index contributed by atoms with van der Waals surface area (Å²) in [6, 6.07) is 2.11. The van der Waals surface area contributed by atoms with E-state index in [1.165, 1.54) is 0 Å². The monoisotopic (exact) mass is 218 g/mol. The average Bonchev–Trinajstić information content (AvgIpc) is 2.63. The molecule has 0 bridgehead atoms. The van der Waals surface area contributed by atoms with Crippen LogP contribution in [0.4, 0.5) is 0 Å². The fourth-order valence-electron chi connectivity index (χ4n) is 1.85. The summed E-state index contributed by atoms with van der Waals surface area (Å²) < 4.78 is 1.80. The highest BCUT2D eigenvalue weighted by atomic mass is 15.4. The molecule has 0 saturated carbocycles. The zero-order chi connectivity index (χ0) is 12.1. The maximum absolute atomic E-state index is 9.02. The molecule has 0 amide bonds. The summed E-state index contributed by atoms with van der Waals surface area (Å²) in [7, 11) is 0. The fourth-order valence-corrected chi connectivity index (χ4v) is 1.85. The molecule has 0 unspecified atom stereocenters. The van der Waals surface area contributed by atoms with E-state index in [9.17, 15) is 0 Å². The number of nitriles is 1. The van der Waals surface area contributed by atoms with Gasteiger partial charge >= 0.3 is 0 Å². The van der Waals surface area contributed by atoms with Crippen molar-refractivity contribution in [3.8, 4) is 6.07 Å². The first kappa shape index (κ1) is 12.4. The summed E-state index contributed by atoms with van der Waals surface area (Å²) in [5.74, 6) is 0.351. The van der Waals surface area contributed by atoms with E-state index in [-0.39, 0.29) is 0 Å². The third kappa shape index (κ3) is 2.48. The Morgan fingerprint density at radius 1 is 1.50 bits per heavy atom. The summed E-state index contributed by atoms with van der Waals surface area (Å²) in [6.45, 7) is 10.7. The predicted octanol–water partition coefficient (Wildman–Crippen LogP) is 2.63. The van der Waals surface area contributed by atoms with Gasteiger partial charge < -0.3 is 0 Å². The molecular weight excluding hydrogens is 200 g/mol. The molecule has 4 heteroatoms. The molecule has 86 valence electrons. The van der Waals surface area contributed by atoms with Crippen LogP contribution in [0.1, 0.15) is 50.9 Å². The lowest BCUT2D eigenvalue weighted by atomic mass is 9.97. The smallest absolute Gasteiger partial charge is 0.186 e. The Hall–Kier alpha value is -1.63. The fraction of sp³-hybridized carbons (Fsp3) is 0.583. The van der Waals surface area contributed by atoms with Crippen LogP contribution < -0.4 is 0 Å². The SMILES string of the molecule is C=C(C)Cn1nnc(C#N)c1C(CC)CC. The zero-order valence-corrected chi connectivity index (χ0v) is 10.2. The van der Waals surface area contributed by atoms with Crippen LogP contribution in [-0.4, -0.2) is 15.0 Å². The van der Waals surface area contributed by atoms with Gasteiger partial charge in [-0.15, -0.1) is 5.10 Å². The molecule has 0 atom stereocenters. The lowest BCUT2D eigenvalue weighted by molar-refractivity contribution is 0.540. The van der Waals surface area contributed by atoms with Crippen LogP contribution in [0.2, 0.25) is 0 Å². The van der Waals surface area contributed by atoms with Crippen LogP contribution >= 0.6 is 0 Å². The van der Waals surface area contributed by atoms with Crippen molar-refractivity contribution >= 4 is 0 Å². The van der Waals surface area contributed by atoms with Crippen molar-refractivity contribution in [2.45, 2.75) is 46.1 Å². The van der Waals surface area contributed by atoms with Crippen LogP contribution in [0, 0.1) is 11.3 Å². The van der Waals surface area contributed by atoms with E-state index in [1.807, 2.05) is 6.92 Å². The Morgan fingerprint density at radius 2 is 2.12 bits per heavy atom. The van der Waals surface area contributed by atoms with Gasteiger partial charge in [0.15, 0.2) is 5.69 Å². The summed E-state index contributed by atoms with van der Waals surface area (Å²) in [6.07, 6.45) is 1.99. The number of rotatable bonds is 5. The normalized spacial score (nSPS) is 10.4. The number of hydrogen-bond donors (Lipinski definition) is 0. The largest absolute Gasteiger partial charge is 0.244 e. The molecular formula is C12H18N4. The van der Waals surface area contributed by atoms with E-state index in [1.54, 1.807) is 4.68 Å².